The highest BCUT2D eigenvalue weighted by Crippen LogP contribution is 2.29. The first-order valence-corrected chi connectivity index (χ1v) is 6.73. The molecule has 3 N–H and O–H groups in total. The fourth-order valence-electron chi connectivity index (χ4n) is 1.87. The van der Waals surface area contributed by atoms with Crippen LogP contribution in [0.1, 0.15) is 11.1 Å². The van der Waals surface area contributed by atoms with Crippen LogP contribution < -0.4 is 11.1 Å². The highest BCUT2D eigenvalue weighted by Gasteiger charge is 2.29. The van der Waals surface area contributed by atoms with Gasteiger partial charge >= 0.3 is 6.18 Å². The van der Waals surface area contributed by atoms with E-state index in [0.717, 1.165) is 23.4 Å². The summed E-state index contributed by atoms with van der Waals surface area (Å²) in [7, 11) is 0. The monoisotopic (exact) mass is 307 g/mol. The number of nitrogens with zero attached hydrogens (tertiary/aromatic N) is 1. The van der Waals surface area contributed by atoms with Crippen molar-refractivity contribution in [3.63, 3.8) is 0 Å². The van der Waals surface area contributed by atoms with Crippen molar-refractivity contribution in [2.45, 2.75) is 12.6 Å². The first kappa shape index (κ1) is 15.9. The van der Waals surface area contributed by atoms with Crippen LogP contribution in [0.25, 0.3) is 0 Å². The van der Waals surface area contributed by atoms with Gasteiger partial charge in [-0.2, -0.15) is 13.2 Å². The normalized spacial score (nSPS) is 12.2. The number of para-hydroxylation sites is 1. The third-order valence-electron chi connectivity index (χ3n) is 3.01. The van der Waals surface area contributed by atoms with Crippen LogP contribution >= 0.6 is 0 Å². The van der Waals surface area contributed by atoms with E-state index in [1.165, 1.54) is 12.1 Å². The smallest absolute Gasteiger partial charge is 0.370 e. The van der Waals surface area contributed by atoms with Gasteiger partial charge in [0.1, 0.15) is 0 Å². The average Bonchev–Trinajstić information content (AvgIpc) is 2.48. The molecule has 0 atom stereocenters. The van der Waals surface area contributed by atoms with Crippen LogP contribution in [0.2, 0.25) is 0 Å². The molecule has 0 spiro atoms. The van der Waals surface area contributed by atoms with Crippen molar-refractivity contribution in [1.82, 2.24) is 0 Å². The van der Waals surface area contributed by atoms with E-state index < -0.39 is 11.7 Å². The molecule has 0 heterocycles. The summed E-state index contributed by atoms with van der Waals surface area (Å²) in [5, 5.41) is 2.94. The minimum Gasteiger partial charge on any atom is -0.370 e. The largest absolute Gasteiger partial charge is 0.416 e. The molecule has 0 radical (unpaired) electrons. The minimum absolute atomic E-state index is 0.276. The molecule has 0 fully saturated rings. The number of benzene rings is 2. The van der Waals surface area contributed by atoms with Crippen molar-refractivity contribution >= 4 is 11.6 Å². The molecule has 116 valence electrons. The third kappa shape index (κ3) is 4.80. The fraction of sp³-hybridized carbons (Fsp3) is 0.188. The Morgan fingerprint density at radius 2 is 1.64 bits per heavy atom. The molecule has 2 aromatic rings. The van der Waals surface area contributed by atoms with Gasteiger partial charge in [-0.15, -0.1) is 0 Å². The predicted molar refractivity (Wildman–Crippen MR) is 81.7 cm³/mol. The number of guanidine groups is 1. The summed E-state index contributed by atoms with van der Waals surface area (Å²) in [6.07, 6.45) is -3.78. The standard InChI is InChI=1S/C16H16F3N3/c17-16(18,19)13-8-6-12(7-9-13)10-11-21-15(20)22-14-4-2-1-3-5-14/h1-9H,10-11H2,(H3,20,21,22). The van der Waals surface area contributed by atoms with Gasteiger partial charge in [0.15, 0.2) is 5.96 Å². The number of halogens is 3. The average molecular weight is 307 g/mol. The Bertz CT molecular complexity index is 619. The lowest BCUT2D eigenvalue weighted by Gasteiger charge is -2.07. The molecule has 0 aliphatic carbocycles. The maximum atomic E-state index is 12.4. The van der Waals surface area contributed by atoms with Crippen LogP contribution in [-0.2, 0) is 12.6 Å². The number of anilines is 1. The van der Waals surface area contributed by atoms with Gasteiger partial charge in [0, 0.05) is 12.2 Å². The van der Waals surface area contributed by atoms with E-state index in [1.807, 2.05) is 30.3 Å². The number of hydrogen-bond donors (Lipinski definition) is 2. The van der Waals surface area contributed by atoms with Gasteiger partial charge in [-0.1, -0.05) is 30.3 Å². The Balaban J connectivity index is 1.86. The predicted octanol–water partition coefficient (Wildman–Crippen LogP) is 3.67. The maximum absolute atomic E-state index is 12.4. The van der Waals surface area contributed by atoms with E-state index >= 15 is 0 Å². The van der Waals surface area contributed by atoms with Crippen LogP contribution in [0, 0.1) is 0 Å². The summed E-state index contributed by atoms with van der Waals surface area (Å²) in [5.74, 6) is 0.276. The van der Waals surface area contributed by atoms with Crippen LogP contribution in [0.15, 0.2) is 59.6 Å². The van der Waals surface area contributed by atoms with E-state index in [-0.39, 0.29) is 5.96 Å². The SMILES string of the molecule is NC(=NCCc1ccc(C(F)(F)F)cc1)Nc1ccccc1. The zero-order valence-corrected chi connectivity index (χ0v) is 11.8. The van der Waals surface area contributed by atoms with Gasteiger partial charge in [0.2, 0.25) is 0 Å². The number of alkyl halides is 3. The van der Waals surface area contributed by atoms with Gasteiger partial charge in [0.05, 0.1) is 5.56 Å². The first-order valence-electron chi connectivity index (χ1n) is 6.73. The van der Waals surface area contributed by atoms with E-state index in [9.17, 15) is 13.2 Å². The number of hydrogen-bond acceptors (Lipinski definition) is 1. The van der Waals surface area contributed by atoms with Crippen LogP contribution in [0.3, 0.4) is 0 Å². The molecule has 22 heavy (non-hydrogen) atoms. The molecule has 0 aliphatic heterocycles. The Morgan fingerprint density at radius 1 is 1.00 bits per heavy atom. The van der Waals surface area contributed by atoms with E-state index in [1.54, 1.807) is 0 Å². The molecule has 2 rings (SSSR count). The second-order valence-corrected chi connectivity index (χ2v) is 4.70. The molecular weight excluding hydrogens is 291 g/mol. The quantitative estimate of drug-likeness (QED) is 0.669. The summed E-state index contributed by atoms with van der Waals surface area (Å²) in [6.45, 7) is 0.400. The molecule has 0 saturated carbocycles. The van der Waals surface area contributed by atoms with Crippen molar-refractivity contribution in [3.05, 3.63) is 65.7 Å². The number of rotatable bonds is 4. The molecule has 0 bridgehead atoms. The maximum Gasteiger partial charge on any atom is 0.416 e. The Labute approximate surface area is 126 Å². The van der Waals surface area contributed by atoms with Crippen molar-refractivity contribution in [2.24, 2.45) is 10.7 Å². The summed E-state index contributed by atoms with van der Waals surface area (Å²) in [6, 6.07) is 14.4. The number of aliphatic imine (C=N–C) groups is 1. The lowest BCUT2D eigenvalue weighted by Crippen LogP contribution is -2.23. The first-order chi connectivity index (χ1) is 10.4. The lowest BCUT2D eigenvalue weighted by atomic mass is 10.1. The van der Waals surface area contributed by atoms with E-state index in [2.05, 4.69) is 10.3 Å². The minimum atomic E-state index is -4.30. The highest BCUT2D eigenvalue weighted by molar-refractivity contribution is 5.92. The van der Waals surface area contributed by atoms with Gasteiger partial charge in [-0.3, -0.25) is 4.99 Å². The molecule has 6 heteroatoms. The zero-order chi connectivity index (χ0) is 16.0. The molecule has 2 aromatic carbocycles. The highest BCUT2D eigenvalue weighted by atomic mass is 19.4. The van der Waals surface area contributed by atoms with Gasteiger partial charge in [0.25, 0.3) is 0 Å². The molecule has 0 unspecified atom stereocenters. The van der Waals surface area contributed by atoms with Gasteiger partial charge < -0.3 is 11.1 Å². The molecule has 3 nitrogen and oxygen atoms in total. The van der Waals surface area contributed by atoms with Gasteiger partial charge in [-0.05, 0) is 36.2 Å². The Hall–Kier alpha value is -2.50. The lowest BCUT2D eigenvalue weighted by molar-refractivity contribution is -0.137. The second kappa shape index (κ2) is 6.98. The second-order valence-electron chi connectivity index (χ2n) is 4.70. The van der Waals surface area contributed by atoms with Crippen molar-refractivity contribution in [1.29, 1.82) is 0 Å². The van der Waals surface area contributed by atoms with Crippen molar-refractivity contribution in [2.75, 3.05) is 11.9 Å². The molecule has 0 saturated heterocycles. The summed E-state index contributed by atoms with van der Waals surface area (Å²) in [4.78, 5) is 4.15. The van der Waals surface area contributed by atoms with Crippen molar-refractivity contribution in [3.8, 4) is 0 Å². The number of nitrogens with one attached hydrogen (secondary N) is 1. The van der Waals surface area contributed by atoms with E-state index in [0.29, 0.717) is 13.0 Å². The van der Waals surface area contributed by atoms with Crippen LogP contribution in [0.4, 0.5) is 18.9 Å². The van der Waals surface area contributed by atoms with E-state index in [4.69, 9.17) is 5.73 Å². The van der Waals surface area contributed by atoms with Gasteiger partial charge in [-0.25, -0.2) is 0 Å². The zero-order valence-electron chi connectivity index (χ0n) is 11.8. The number of nitrogens with two attached hydrogens (primary N) is 1. The van der Waals surface area contributed by atoms with Crippen LogP contribution in [-0.4, -0.2) is 12.5 Å². The molecular formula is C16H16F3N3. The molecule has 0 amide bonds. The third-order valence-corrected chi connectivity index (χ3v) is 3.01. The fourth-order valence-corrected chi connectivity index (χ4v) is 1.87. The summed E-state index contributed by atoms with van der Waals surface area (Å²) in [5.41, 5.74) is 6.71. The summed E-state index contributed by atoms with van der Waals surface area (Å²) >= 11 is 0. The van der Waals surface area contributed by atoms with Crippen molar-refractivity contribution < 1.29 is 13.2 Å². The van der Waals surface area contributed by atoms with Crippen LogP contribution in [0.5, 0.6) is 0 Å². The summed E-state index contributed by atoms with van der Waals surface area (Å²) < 4.78 is 37.3. The Morgan fingerprint density at radius 3 is 2.23 bits per heavy atom. The molecule has 0 aromatic heterocycles. The topological polar surface area (TPSA) is 50.4 Å². The molecule has 0 aliphatic rings. The Kier molecular flexibility index (Phi) is 5.04.